The molecule has 0 N–H and O–H groups in total. The maximum absolute atomic E-state index is 3.01. The largest absolute Gasteiger partial charge is 0.0582 e. The van der Waals surface area contributed by atoms with Gasteiger partial charge in [0.1, 0.15) is 0 Å². The van der Waals surface area contributed by atoms with E-state index in [-0.39, 0.29) is 0 Å². The molecule has 26 unspecified atom stereocenters. The first-order chi connectivity index (χ1) is 17.7. The minimum atomic E-state index is 0.860. The summed E-state index contributed by atoms with van der Waals surface area (Å²) in [6, 6.07) is 0. The highest BCUT2D eigenvalue weighted by Gasteiger charge is 3.52. The molecule has 0 aromatic rings. The monoisotopic (exact) mass is 462 g/mol. The van der Waals surface area contributed by atoms with Crippen LogP contribution in [-0.2, 0) is 0 Å². The van der Waals surface area contributed by atoms with Gasteiger partial charge in [0.05, 0.1) is 0 Å². The van der Waals surface area contributed by atoms with Crippen molar-refractivity contribution >= 4 is 0 Å². The SMILES string of the molecule is C[C@]12[C@@H]3CC[C@H]4C5C6C7C8C9C%10CC%11C%12CC%13C%14C%15C%16C%17C3C13C%171C%16%17C%15%16C%14%15C%12%13C%11%10C9%15C8%16C7%17C61C53[C@@]42C. The summed E-state index contributed by atoms with van der Waals surface area (Å²) < 4.78 is 0. The van der Waals surface area contributed by atoms with Crippen molar-refractivity contribution in [1.29, 1.82) is 0 Å². The zero-order valence-electron chi connectivity index (χ0n) is 21.1. The van der Waals surface area contributed by atoms with Crippen LogP contribution in [0, 0.1) is 170 Å². The van der Waals surface area contributed by atoms with E-state index in [0.29, 0.717) is 0 Å². The Morgan fingerprint density at radius 1 is 0.333 bits per heavy atom. The van der Waals surface area contributed by atoms with Gasteiger partial charge in [-0.15, -0.1) is 0 Å². The summed E-state index contributed by atoms with van der Waals surface area (Å²) in [6.45, 7) is 6.01. The molecule has 174 valence electrons. The van der Waals surface area contributed by atoms with Crippen LogP contribution >= 0.6 is 0 Å². The highest BCUT2D eigenvalue weighted by atomic mass is 15.5. The van der Waals surface area contributed by atoms with Crippen LogP contribution in [0.25, 0.3) is 0 Å². The molecule has 0 heteroatoms. The summed E-state index contributed by atoms with van der Waals surface area (Å²) in [6.07, 6.45) is 6.98. The van der Waals surface area contributed by atoms with E-state index >= 15 is 0 Å². The van der Waals surface area contributed by atoms with Gasteiger partial charge in [0.25, 0.3) is 0 Å². The molecule has 22 fully saturated rings. The fourth-order valence-electron chi connectivity index (χ4n) is 34.7. The van der Waals surface area contributed by atoms with E-state index in [0.717, 1.165) is 75.8 Å². The lowest BCUT2D eigenvalue weighted by Crippen LogP contribution is -3.50. The number of fused-ring (bicyclic) bond motifs is 13. The van der Waals surface area contributed by atoms with E-state index in [1.54, 1.807) is 25.7 Å². The third-order valence-corrected chi connectivity index (χ3v) is 28.7. The molecule has 0 bridgehead atoms. The summed E-state index contributed by atoms with van der Waals surface area (Å²) >= 11 is 0. The smallest absolute Gasteiger partial charge is 0.00502 e. The van der Waals surface area contributed by atoms with Gasteiger partial charge in [-0.05, 0) is 196 Å². The maximum Gasteiger partial charge on any atom is -0.00502 e. The summed E-state index contributed by atoms with van der Waals surface area (Å²) in [4.78, 5) is 0. The minimum Gasteiger partial charge on any atom is -0.0582 e. The molecule has 22 aliphatic carbocycles. The van der Waals surface area contributed by atoms with Gasteiger partial charge in [0, 0.05) is 0 Å². The molecular formula is C36H30. The van der Waals surface area contributed by atoms with Crippen molar-refractivity contribution in [3.63, 3.8) is 0 Å². The normalized spacial score (nSPS) is 126. The predicted octanol–water partition coefficient (Wildman–Crippen LogP) is 4.55. The van der Waals surface area contributed by atoms with Crippen molar-refractivity contribution in [3.8, 4) is 0 Å². The molecule has 36 heavy (non-hydrogen) atoms. The molecule has 22 rings (SSSR count). The average Bonchev–Trinajstić information content (AvgIpc) is 2.75. The van der Waals surface area contributed by atoms with Crippen molar-refractivity contribution < 1.29 is 0 Å². The third-order valence-electron chi connectivity index (χ3n) is 28.7. The van der Waals surface area contributed by atoms with Crippen molar-refractivity contribution in [2.45, 2.75) is 39.5 Å². The highest BCUT2D eigenvalue weighted by Crippen LogP contribution is 3.53. The zero-order chi connectivity index (χ0) is 21.1. The lowest BCUT2D eigenvalue weighted by molar-refractivity contribution is -1.07. The first kappa shape index (κ1) is 13.6. The Kier molecular flexibility index (Phi) is 0.825. The van der Waals surface area contributed by atoms with Crippen LogP contribution < -0.4 is 0 Å². The van der Waals surface area contributed by atoms with E-state index < -0.39 is 0 Å². The Morgan fingerprint density at radius 3 is 1.11 bits per heavy atom. The van der Waals surface area contributed by atoms with Crippen LogP contribution in [0.15, 0.2) is 0 Å². The van der Waals surface area contributed by atoms with Crippen LogP contribution in [0.2, 0.25) is 0 Å². The molecule has 0 radical (unpaired) electrons. The number of hydrogen-bond acceptors (Lipinski definition) is 0. The Morgan fingerprint density at radius 2 is 0.667 bits per heavy atom. The van der Waals surface area contributed by atoms with E-state index in [1.165, 1.54) is 94.7 Å². The molecule has 0 aliphatic heterocycles. The molecule has 22 saturated carbocycles. The molecule has 12 spiro atoms. The van der Waals surface area contributed by atoms with Gasteiger partial charge in [0.2, 0.25) is 0 Å². The van der Waals surface area contributed by atoms with Crippen LogP contribution in [0.4, 0.5) is 0 Å². The Bertz CT molecular complexity index is 1760. The second-order valence-corrected chi connectivity index (χ2v) is 22.2. The molecule has 0 aromatic heterocycles. The second-order valence-electron chi connectivity index (χ2n) is 22.2. The van der Waals surface area contributed by atoms with Crippen LogP contribution in [0.3, 0.4) is 0 Å². The molecule has 22 aliphatic rings. The Labute approximate surface area is 209 Å². The summed E-state index contributed by atoms with van der Waals surface area (Å²) in [5, 5.41) is 0. The van der Waals surface area contributed by atoms with Gasteiger partial charge in [-0.1, -0.05) is 13.8 Å². The van der Waals surface area contributed by atoms with E-state index in [1.807, 2.05) is 0 Å². The summed E-state index contributed by atoms with van der Waals surface area (Å²) in [5.41, 5.74) is 14.5. The second kappa shape index (κ2) is 2.19. The summed E-state index contributed by atoms with van der Waals surface area (Å²) in [7, 11) is 0. The molecule has 0 saturated heterocycles. The van der Waals surface area contributed by atoms with Crippen LogP contribution in [0.1, 0.15) is 39.5 Å². The highest BCUT2D eigenvalue weighted by molar-refractivity contribution is 5.97. The van der Waals surface area contributed by atoms with Crippen LogP contribution in [-0.4, -0.2) is 0 Å². The molecule has 30 atom stereocenters. The fraction of sp³-hybridized carbons (Fsp3) is 1.00. The fourth-order valence-corrected chi connectivity index (χ4v) is 34.7. The van der Waals surface area contributed by atoms with Gasteiger partial charge in [0.15, 0.2) is 0 Å². The number of rotatable bonds is 0. The van der Waals surface area contributed by atoms with Gasteiger partial charge < -0.3 is 0 Å². The number of hydrogen-bond donors (Lipinski definition) is 0. The molecule has 0 amide bonds. The zero-order valence-corrected chi connectivity index (χ0v) is 21.1. The van der Waals surface area contributed by atoms with E-state index in [4.69, 9.17) is 0 Å². The summed E-state index contributed by atoms with van der Waals surface area (Å²) in [5.74, 6) is 21.3. The Hall–Kier alpha value is 0. The minimum absolute atomic E-state index is 0.860. The molecule has 0 heterocycles. The first-order valence-corrected chi connectivity index (χ1v) is 17.7. The topological polar surface area (TPSA) is 0 Å². The molecule has 0 nitrogen and oxygen atoms in total. The van der Waals surface area contributed by atoms with Gasteiger partial charge in [-0.3, -0.25) is 0 Å². The lowest BCUT2D eigenvalue weighted by Gasteiger charge is -3.52. The van der Waals surface area contributed by atoms with Gasteiger partial charge >= 0.3 is 0 Å². The van der Waals surface area contributed by atoms with Gasteiger partial charge in [-0.2, -0.15) is 0 Å². The maximum atomic E-state index is 3.01. The van der Waals surface area contributed by atoms with Crippen molar-refractivity contribution in [2.75, 3.05) is 0 Å². The predicted molar refractivity (Wildman–Crippen MR) is 120 cm³/mol. The lowest BCUT2D eigenvalue weighted by atomic mass is 8.51. The average molecular weight is 463 g/mol. The van der Waals surface area contributed by atoms with Crippen molar-refractivity contribution in [3.05, 3.63) is 0 Å². The van der Waals surface area contributed by atoms with Crippen molar-refractivity contribution in [1.82, 2.24) is 0 Å². The first-order valence-electron chi connectivity index (χ1n) is 17.7. The third kappa shape index (κ3) is 0.336. The standard InChI is InChI=1S/C36H30/c1-23-7-3-4-8-14-18-22-20-16-12-6-10-9-5-11-15-19-21-17-13(7)27(23)28(14,24(8,23)2)32(18)31(17,27)35(21)33(19)29(15)25(9,11)26(10,12)30(16,29)34(20,33)36(22,32)35/h7-22H,3-6H2,1-2H3/t7-,8+,9?,10?,11?,12?,13?,14?,15?,16?,17?,18?,19?,20?,21?,22?,23-,24+,25?,26?,27?,28?,29?,30?,31?,32?,33?,34?,35?,36?. The van der Waals surface area contributed by atoms with Crippen LogP contribution in [0.5, 0.6) is 0 Å². The quantitative estimate of drug-likeness (QED) is 0.495. The Balaban J connectivity index is 0.992. The van der Waals surface area contributed by atoms with E-state index in [2.05, 4.69) is 13.8 Å². The molecular weight excluding hydrogens is 432 g/mol. The van der Waals surface area contributed by atoms with E-state index in [9.17, 15) is 0 Å². The molecule has 0 aromatic carbocycles. The van der Waals surface area contributed by atoms with Crippen molar-refractivity contribution in [2.24, 2.45) is 170 Å². The van der Waals surface area contributed by atoms with Gasteiger partial charge in [-0.25, -0.2) is 0 Å².